The van der Waals surface area contributed by atoms with Crippen LogP contribution in [0.3, 0.4) is 0 Å². The third kappa shape index (κ3) is 4.04. The lowest BCUT2D eigenvalue weighted by Crippen LogP contribution is -2.37. The van der Waals surface area contributed by atoms with Gasteiger partial charge in [0.1, 0.15) is 0 Å². The van der Waals surface area contributed by atoms with Crippen LogP contribution in [0.2, 0.25) is 0 Å². The number of anilines is 1. The molecule has 0 unspecified atom stereocenters. The number of thioether (sulfide) groups is 1. The lowest BCUT2D eigenvalue weighted by Gasteiger charge is -2.24. The smallest absolute Gasteiger partial charge is 0.303 e. The molecule has 0 radical (unpaired) electrons. The third-order valence-electron chi connectivity index (χ3n) is 4.15. The number of rotatable bonds is 4. The number of fused-ring (bicyclic) bond motifs is 1. The Labute approximate surface area is 150 Å². The van der Waals surface area contributed by atoms with Crippen LogP contribution in [0.15, 0.2) is 29.3 Å². The number of carbonyl (C=O) groups is 2. The highest BCUT2D eigenvalue weighted by atomic mass is 32.2. The van der Waals surface area contributed by atoms with Crippen LogP contribution < -0.4 is 4.90 Å². The fourth-order valence-corrected chi connectivity index (χ4v) is 6.88. The quantitative estimate of drug-likeness (QED) is 0.840. The molecule has 0 spiro atoms. The number of nitrogens with zero attached hydrogens (tertiary/aromatic N) is 2. The second-order valence-electron chi connectivity index (χ2n) is 6.19. The molecule has 7 nitrogen and oxygen atoms in total. The maximum Gasteiger partial charge on any atom is 0.303 e. The molecule has 1 N–H and O–H groups in total. The minimum absolute atomic E-state index is 0.0287. The van der Waals surface area contributed by atoms with Gasteiger partial charge in [-0.1, -0.05) is 29.5 Å². The van der Waals surface area contributed by atoms with Gasteiger partial charge in [0.15, 0.2) is 15.0 Å². The molecule has 2 aliphatic rings. The molecular weight excluding hydrogens is 364 g/mol. The number of amides is 1. The van der Waals surface area contributed by atoms with Crippen LogP contribution in [-0.4, -0.2) is 53.4 Å². The molecule has 2 heterocycles. The average Bonchev–Trinajstić information content (AvgIpc) is 2.97. The highest BCUT2D eigenvalue weighted by Gasteiger charge is 2.49. The molecule has 2 saturated heterocycles. The molecule has 25 heavy (non-hydrogen) atoms. The minimum atomic E-state index is -3.11. The van der Waals surface area contributed by atoms with E-state index < -0.39 is 21.7 Å². The summed E-state index contributed by atoms with van der Waals surface area (Å²) in [5.74, 6) is -1.47. The van der Waals surface area contributed by atoms with Gasteiger partial charge in [0, 0.05) is 17.4 Å². The van der Waals surface area contributed by atoms with Crippen LogP contribution >= 0.6 is 11.8 Å². The summed E-state index contributed by atoms with van der Waals surface area (Å²) < 4.78 is 23.9. The van der Waals surface area contributed by atoms with Gasteiger partial charge in [-0.05, 0) is 19.1 Å². The van der Waals surface area contributed by atoms with E-state index >= 15 is 0 Å². The molecule has 1 aromatic rings. The summed E-state index contributed by atoms with van der Waals surface area (Å²) in [6.07, 6.45) is -0.444. The summed E-state index contributed by atoms with van der Waals surface area (Å²) in [6, 6.07) is 7.33. The molecular formula is C16H18N2O5S2. The highest BCUT2D eigenvalue weighted by Crippen LogP contribution is 2.41. The SMILES string of the molecule is Cc1ccc(N2C(=NC(=O)CCC(=O)O)S[C@H]3CS(=O)(=O)C[C@@H]32)cc1. The Kier molecular flexibility index (Phi) is 4.88. The van der Waals surface area contributed by atoms with Crippen molar-refractivity contribution in [2.45, 2.75) is 31.1 Å². The molecule has 0 saturated carbocycles. The predicted molar refractivity (Wildman–Crippen MR) is 96.8 cm³/mol. The molecule has 0 aliphatic carbocycles. The Balaban J connectivity index is 1.90. The minimum Gasteiger partial charge on any atom is -0.481 e. The van der Waals surface area contributed by atoms with E-state index in [0.717, 1.165) is 11.3 Å². The van der Waals surface area contributed by atoms with E-state index in [2.05, 4.69) is 4.99 Å². The van der Waals surface area contributed by atoms with Crippen molar-refractivity contribution >= 4 is 44.3 Å². The van der Waals surface area contributed by atoms with Crippen molar-refractivity contribution in [1.29, 1.82) is 0 Å². The first-order chi connectivity index (χ1) is 11.7. The summed E-state index contributed by atoms with van der Waals surface area (Å²) in [5.41, 5.74) is 1.86. The largest absolute Gasteiger partial charge is 0.481 e. The van der Waals surface area contributed by atoms with Crippen LogP contribution in [0.25, 0.3) is 0 Å². The highest BCUT2D eigenvalue weighted by molar-refractivity contribution is 8.16. The monoisotopic (exact) mass is 382 g/mol. The first-order valence-corrected chi connectivity index (χ1v) is 10.5. The normalized spacial score (nSPS) is 26.0. The number of carboxylic acids is 1. The molecule has 2 fully saturated rings. The van der Waals surface area contributed by atoms with Gasteiger partial charge in [0.2, 0.25) is 5.91 Å². The van der Waals surface area contributed by atoms with Crippen molar-refractivity contribution in [2.75, 3.05) is 16.4 Å². The second kappa shape index (κ2) is 6.80. The van der Waals surface area contributed by atoms with E-state index in [1.165, 1.54) is 11.8 Å². The predicted octanol–water partition coefficient (Wildman–Crippen LogP) is 1.46. The van der Waals surface area contributed by atoms with Crippen LogP contribution in [0.5, 0.6) is 0 Å². The number of aliphatic carboxylic acids is 1. The molecule has 0 bridgehead atoms. The van der Waals surface area contributed by atoms with Gasteiger partial charge in [0.05, 0.1) is 24.0 Å². The number of amidine groups is 1. The molecule has 134 valence electrons. The summed E-state index contributed by atoms with van der Waals surface area (Å²) in [7, 11) is -3.11. The molecule has 3 rings (SSSR count). The Morgan fingerprint density at radius 1 is 1.24 bits per heavy atom. The zero-order chi connectivity index (χ0) is 18.2. The maximum absolute atomic E-state index is 12.0. The number of carbonyl (C=O) groups excluding carboxylic acids is 1. The summed E-state index contributed by atoms with van der Waals surface area (Å²) in [5, 5.41) is 8.96. The Morgan fingerprint density at radius 2 is 1.92 bits per heavy atom. The number of sulfone groups is 1. The maximum atomic E-state index is 12.0. The van der Waals surface area contributed by atoms with Gasteiger partial charge in [-0.3, -0.25) is 9.59 Å². The molecule has 2 atom stereocenters. The summed E-state index contributed by atoms with van der Waals surface area (Å²) in [6.45, 7) is 1.95. The number of aliphatic imine (C=N–C) groups is 1. The Hall–Kier alpha value is -1.87. The van der Waals surface area contributed by atoms with E-state index in [-0.39, 0.29) is 35.6 Å². The number of carboxylic acid groups (broad SMARTS) is 1. The van der Waals surface area contributed by atoms with Crippen molar-refractivity contribution in [3.8, 4) is 0 Å². The van der Waals surface area contributed by atoms with Crippen molar-refractivity contribution in [2.24, 2.45) is 4.99 Å². The van der Waals surface area contributed by atoms with Crippen molar-refractivity contribution in [3.05, 3.63) is 29.8 Å². The van der Waals surface area contributed by atoms with Crippen LogP contribution in [0.4, 0.5) is 5.69 Å². The topological polar surface area (TPSA) is 104 Å². The van der Waals surface area contributed by atoms with E-state index in [0.29, 0.717) is 5.17 Å². The van der Waals surface area contributed by atoms with Crippen molar-refractivity contribution < 1.29 is 23.1 Å². The third-order valence-corrected chi connectivity index (χ3v) is 7.36. The van der Waals surface area contributed by atoms with Gasteiger partial charge in [-0.2, -0.15) is 4.99 Å². The van der Waals surface area contributed by atoms with E-state index in [9.17, 15) is 18.0 Å². The second-order valence-corrected chi connectivity index (χ2v) is 9.55. The Morgan fingerprint density at radius 3 is 2.56 bits per heavy atom. The molecule has 1 amide bonds. The number of hydrogen-bond acceptors (Lipinski definition) is 5. The van der Waals surface area contributed by atoms with Gasteiger partial charge >= 0.3 is 5.97 Å². The van der Waals surface area contributed by atoms with E-state index in [1.807, 2.05) is 31.2 Å². The fraction of sp³-hybridized carbons (Fsp3) is 0.438. The van der Waals surface area contributed by atoms with Gasteiger partial charge in [0.25, 0.3) is 0 Å². The van der Waals surface area contributed by atoms with E-state index in [1.54, 1.807) is 4.90 Å². The first-order valence-electron chi connectivity index (χ1n) is 7.81. The number of benzene rings is 1. The van der Waals surface area contributed by atoms with Crippen LogP contribution in [0.1, 0.15) is 18.4 Å². The fourth-order valence-electron chi connectivity index (χ4n) is 2.95. The van der Waals surface area contributed by atoms with Gasteiger partial charge in [-0.15, -0.1) is 0 Å². The van der Waals surface area contributed by atoms with Crippen LogP contribution in [-0.2, 0) is 19.4 Å². The molecule has 9 heteroatoms. The molecule has 0 aromatic heterocycles. The zero-order valence-electron chi connectivity index (χ0n) is 13.6. The first kappa shape index (κ1) is 17.9. The van der Waals surface area contributed by atoms with Gasteiger partial charge < -0.3 is 10.0 Å². The number of aryl methyl sites for hydroxylation is 1. The summed E-state index contributed by atoms with van der Waals surface area (Å²) >= 11 is 1.28. The standard InChI is InChI=1S/C16H18N2O5S2/c1-10-2-4-11(5-3-10)18-12-8-25(22,23)9-13(12)24-16(18)17-14(19)6-7-15(20)21/h2-5,12-13H,6-9H2,1H3,(H,20,21)/t12-,13-/m0/s1. The van der Waals surface area contributed by atoms with E-state index in [4.69, 9.17) is 5.11 Å². The molecule has 2 aliphatic heterocycles. The Bertz CT molecular complexity index is 833. The lowest BCUT2D eigenvalue weighted by molar-refractivity contribution is -0.138. The molecule has 1 aromatic carbocycles. The lowest BCUT2D eigenvalue weighted by atomic mass is 10.1. The van der Waals surface area contributed by atoms with Crippen molar-refractivity contribution in [3.63, 3.8) is 0 Å². The number of hydrogen-bond donors (Lipinski definition) is 1. The van der Waals surface area contributed by atoms with Crippen molar-refractivity contribution in [1.82, 2.24) is 0 Å². The van der Waals surface area contributed by atoms with Gasteiger partial charge in [-0.25, -0.2) is 8.42 Å². The summed E-state index contributed by atoms with van der Waals surface area (Å²) in [4.78, 5) is 28.4. The van der Waals surface area contributed by atoms with Crippen LogP contribution in [0, 0.1) is 6.92 Å². The zero-order valence-corrected chi connectivity index (χ0v) is 15.2. The average molecular weight is 382 g/mol.